The van der Waals surface area contributed by atoms with E-state index in [2.05, 4.69) is 24.9 Å². The molecule has 2 N–H and O–H groups in total. The van der Waals surface area contributed by atoms with Crippen molar-refractivity contribution >= 4 is 63.6 Å². The Labute approximate surface area is 212 Å². The van der Waals surface area contributed by atoms with E-state index in [0.29, 0.717) is 5.02 Å². The summed E-state index contributed by atoms with van der Waals surface area (Å²) in [5, 5.41) is 11.7. The number of thioether (sulfide) groups is 2. The molecule has 0 atom stereocenters. The second-order valence-corrected chi connectivity index (χ2v) is 10.3. The van der Waals surface area contributed by atoms with Gasteiger partial charge in [-0.1, -0.05) is 67.7 Å². The molecule has 0 aliphatic carbocycles. The van der Waals surface area contributed by atoms with Crippen LogP contribution in [-0.4, -0.2) is 16.1 Å². The number of carbonyl (C=O) groups is 1. The van der Waals surface area contributed by atoms with Gasteiger partial charge in [0.25, 0.3) is 0 Å². The van der Waals surface area contributed by atoms with Gasteiger partial charge in [-0.3, -0.25) is 0 Å². The minimum Gasteiger partial charge on any atom is -0.477 e. The van der Waals surface area contributed by atoms with Crippen molar-refractivity contribution in [3.05, 3.63) is 93.6 Å². The SMILES string of the molecule is CCC.O=C(O)c1cc2c(SCc3ccc(Cl)cc3)cc(SCc3ccc(Cl)cc3)cc2[nH]1. The van der Waals surface area contributed by atoms with Crippen LogP contribution in [0.15, 0.2) is 76.5 Å². The lowest BCUT2D eigenvalue weighted by Gasteiger charge is -2.08. The van der Waals surface area contributed by atoms with Crippen molar-refractivity contribution in [2.24, 2.45) is 0 Å². The van der Waals surface area contributed by atoms with Crippen LogP contribution in [0.2, 0.25) is 10.0 Å². The molecule has 1 heterocycles. The maximum Gasteiger partial charge on any atom is 0.352 e. The Hall–Kier alpha value is -2.05. The van der Waals surface area contributed by atoms with Gasteiger partial charge in [-0.25, -0.2) is 4.79 Å². The molecule has 0 spiro atoms. The molecule has 0 saturated carbocycles. The van der Waals surface area contributed by atoms with Crippen molar-refractivity contribution in [1.82, 2.24) is 4.98 Å². The summed E-state index contributed by atoms with van der Waals surface area (Å²) in [6.45, 7) is 4.25. The van der Waals surface area contributed by atoms with Gasteiger partial charge in [0.15, 0.2) is 0 Å². The Morgan fingerprint density at radius 3 is 1.88 bits per heavy atom. The normalized spacial score (nSPS) is 10.7. The first-order valence-electron chi connectivity index (χ1n) is 10.5. The molecule has 0 saturated heterocycles. The number of H-pyrrole nitrogens is 1. The molecule has 4 aromatic rings. The monoisotopic (exact) mass is 517 g/mol. The first-order chi connectivity index (χ1) is 15.9. The lowest BCUT2D eigenvalue weighted by molar-refractivity contribution is 0.0691. The number of aromatic carboxylic acids is 1. The first-order valence-corrected chi connectivity index (χ1v) is 13.3. The smallest absolute Gasteiger partial charge is 0.352 e. The van der Waals surface area contributed by atoms with E-state index < -0.39 is 5.97 Å². The van der Waals surface area contributed by atoms with Crippen LogP contribution >= 0.6 is 46.7 Å². The zero-order valence-corrected chi connectivity index (χ0v) is 21.5. The summed E-state index contributed by atoms with van der Waals surface area (Å²) in [4.78, 5) is 16.6. The molecule has 0 fully saturated rings. The van der Waals surface area contributed by atoms with E-state index in [-0.39, 0.29) is 5.69 Å². The van der Waals surface area contributed by atoms with Crippen LogP contribution in [0.5, 0.6) is 0 Å². The maximum absolute atomic E-state index is 11.4. The third-order valence-electron chi connectivity index (χ3n) is 4.53. The Kier molecular flexibility index (Phi) is 9.63. The molecule has 172 valence electrons. The zero-order valence-electron chi connectivity index (χ0n) is 18.4. The van der Waals surface area contributed by atoms with Crippen molar-refractivity contribution in [2.75, 3.05) is 0 Å². The average molecular weight is 519 g/mol. The van der Waals surface area contributed by atoms with E-state index >= 15 is 0 Å². The number of hydrogen-bond acceptors (Lipinski definition) is 3. The summed E-state index contributed by atoms with van der Waals surface area (Å²) in [6.07, 6.45) is 1.25. The topological polar surface area (TPSA) is 53.1 Å². The van der Waals surface area contributed by atoms with E-state index in [4.69, 9.17) is 23.2 Å². The number of rotatable bonds is 7. The lowest BCUT2D eigenvalue weighted by atomic mass is 10.2. The average Bonchev–Trinajstić information content (AvgIpc) is 3.23. The minimum absolute atomic E-state index is 0.193. The van der Waals surface area contributed by atoms with Crippen molar-refractivity contribution in [3.63, 3.8) is 0 Å². The third kappa shape index (κ3) is 7.47. The highest BCUT2D eigenvalue weighted by Gasteiger charge is 2.13. The molecule has 0 aliphatic heterocycles. The molecule has 1 aromatic heterocycles. The molecular weight excluding hydrogens is 493 g/mol. The summed E-state index contributed by atoms with van der Waals surface area (Å²) < 4.78 is 0. The van der Waals surface area contributed by atoms with Crippen LogP contribution in [0.1, 0.15) is 41.9 Å². The van der Waals surface area contributed by atoms with Gasteiger partial charge in [0, 0.05) is 42.2 Å². The van der Waals surface area contributed by atoms with Crippen molar-refractivity contribution < 1.29 is 9.90 Å². The van der Waals surface area contributed by atoms with Gasteiger partial charge in [0.05, 0.1) is 0 Å². The van der Waals surface area contributed by atoms with Gasteiger partial charge in [-0.2, -0.15) is 0 Å². The fourth-order valence-electron chi connectivity index (χ4n) is 2.99. The van der Waals surface area contributed by atoms with Crippen LogP contribution < -0.4 is 0 Å². The highest BCUT2D eigenvalue weighted by atomic mass is 35.5. The number of carboxylic acid groups (broad SMARTS) is 1. The summed E-state index contributed by atoms with van der Waals surface area (Å²) in [6, 6.07) is 21.4. The van der Waals surface area contributed by atoms with E-state index in [9.17, 15) is 9.90 Å². The number of fused-ring (bicyclic) bond motifs is 1. The molecular formula is C26H25Cl2NO2S2. The molecule has 3 aromatic carbocycles. The standard InChI is InChI=1S/C23H17Cl2NO2S2.C3H8/c24-16-5-1-14(2-6-16)12-29-18-9-20-19(11-21(26-20)23(27)28)22(10-18)30-13-15-3-7-17(25)8-4-15;1-3-2/h1-11,26H,12-13H2,(H,27,28);3H2,1-2H3. The Bertz CT molecular complexity index is 1210. The van der Waals surface area contributed by atoms with E-state index in [0.717, 1.165) is 42.8 Å². The van der Waals surface area contributed by atoms with Gasteiger partial charge in [0.2, 0.25) is 0 Å². The minimum atomic E-state index is -0.963. The summed E-state index contributed by atoms with van der Waals surface area (Å²) in [5.41, 5.74) is 3.36. The van der Waals surface area contributed by atoms with Gasteiger partial charge < -0.3 is 10.1 Å². The largest absolute Gasteiger partial charge is 0.477 e. The molecule has 7 heteroatoms. The van der Waals surface area contributed by atoms with Gasteiger partial charge in [0.1, 0.15) is 5.69 Å². The van der Waals surface area contributed by atoms with Gasteiger partial charge in [-0.05, 0) is 53.6 Å². The molecule has 4 rings (SSSR count). The molecule has 3 nitrogen and oxygen atoms in total. The van der Waals surface area contributed by atoms with E-state index in [1.54, 1.807) is 29.6 Å². The van der Waals surface area contributed by atoms with E-state index in [1.807, 2.05) is 54.6 Å². The number of nitrogens with one attached hydrogen (secondary N) is 1. The van der Waals surface area contributed by atoms with Crippen LogP contribution in [-0.2, 0) is 11.5 Å². The number of aromatic amines is 1. The quantitative estimate of drug-likeness (QED) is 0.240. The summed E-state index contributed by atoms with van der Waals surface area (Å²) in [5.74, 6) is 0.608. The number of halogens is 2. The molecule has 33 heavy (non-hydrogen) atoms. The second-order valence-electron chi connectivity index (χ2n) is 7.41. The van der Waals surface area contributed by atoms with Crippen molar-refractivity contribution in [1.29, 1.82) is 0 Å². The van der Waals surface area contributed by atoms with Crippen LogP contribution in [0.4, 0.5) is 0 Å². The Balaban J connectivity index is 0.000000968. The van der Waals surface area contributed by atoms with Crippen LogP contribution in [0.25, 0.3) is 10.9 Å². The predicted octanol–water partition coefficient (Wildman–Crippen LogP) is 9.17. The van der Waals surface area contributed by atoms with E-state index in [1.165, 1.54) is 12.0 Å². The highest BCUT2D eigenvalue weighted by Crippen LogP contribution is 2.36. The molecule has 0 amide bonds. The van der Waals surface area contributed by atoms with Crippen molar-refractivity contribution in [2.45, 2.75) is 41.6 Å². The van der Waals surface area contributed by atoms with Crippen LogP contribution in [0.3, 0.4) is 0 Å². The van der Waals surface area contributed by atoms with Crippen LogP contribution in [0, 0.1) is 0 Å². The third-order valence-corrected chi connectivity index (χ3v) is 7.21. The van der Waals surface area contributed by atoms with Gasteiger partial charge >= 0.3 is 5.97 Å². The molecule has 0 radical (unpaired) electrons. The zero-order chi connectivity index (χ0) is 23.8. The number of benzene rings is 3. The second kappa shape index (κ2) is 12.4. The summed E-state index contributed by atoms with van der Waals surface area (Å²) in [7, 11) is 0. The first kappa shape index (κ1) is 25.6. The predicted molar refractivity (Wildman–Crippen MR) is 143 cm³/mol. The lowest BCUT2D eigenvalue weighted by Crippen LogP contribution is -1.94. The molecule has 0 bridgehead atoms. The Morgan fingerprint density at radius 1 is 0.848 bits per heavy atom. The Morgan fingerprint density at radius 2 is 1.36 bits per heavy atom. The number of aromatic nitrogens is 1. The number of carboxylic acids is 1. The van der Waals surface area contributed by atoms with Crippen molar-refractivity contribution in [3.8, 4) is 0 Å². The maximum atomic E-state index is 11.4. The summed E-state index contributed by atoms with van der Waals surface area (Å²) >= 11 is 15.3. The number of hydrogen-bond donors (Lipinski definition) is 2. The highest BCUT2D eigenvalue weighted by molar-refractivity contribution is 7.99. The molecule has 0 unspecified atom stereocenters. The molecule has 0 aliphatic rings. The fourth-order valence-corrected chi connectivity index (χ4v) is 5.29. The fraction of sp³-hybridized carbons (Fsp3) is 0.192. The van der Waals surface area contributed by atoms with Gasteiger partial charge in [-0.15, -0.1) is 23.5 Å².